The Balaban J connectivity index is 1.50. The third-order valence-electron chi connectivity index (χ3n) is 4.29. The zero-order valence-electron chi connectivity index (χ0n) is 9.61. The van der Waals surface area contributed by atoms with E-state index in [-0.39, 0.29) is 11.4 Å². The van der Waals surface area contributed by atoms with Gasteiger partial charge in [0, 0.05) is 6.20 Å². The Kier molecular flexibility index (Phi) is 2.34. The minimum Gasteiger partial charge on any atom is -0.477 e. The summed E-state index contributed by atoms with van der Waals surface area (Å²) in [7, 11) is 0. The number of hydrogen-bond donors (Lipinski definition) is 2. The van der Waals surface area contributed by atoms with Crippen LogP contribution in [0.15, 0.2) is 6.20 Å². The predicted octanol–water partition coefficient (Wildman–Crippen LogP) is 2.07. The molecule has 2 fully saturated rings. The van der Waals surface area contributed by atoms with Crippen LogP contribution in [0.4, 0.5) is 0 Å². The van der Waals surface area contributed by atoms with Crippen molar-refractivity contribution in [2.75, 3.05) is 6.61 Å². The number of H-pyrrole nitrogens is 1. The topological polar surface area (TPSA) is 75.2 Å². The standard InChI is InChI=1S/C12H16N2O3/c15-11(16)9-7-13-14-10(9)17-6-2-8-1-3-12(8)4-5-12/h7-8H,1-6H2,(H,13,14)(H,15,16). The molecule has 0 aliphatic heterocycles. The number of carbonyl (C=O) groups is 1. The molecule has 1 aromatic rings. The van der Waals surface area contributed by atoms with Crippen LogP contribution in [0.25, 0.3) is 0 Å². The fourth-order valence-electron chi connectivity index (χ4n) is 2.86. The van der Waals surface area contributed by atoms with E-state index in [0.29, 0.717) is 12.0 Å². The maximum Gasteiger partial charge on any atom is 0.342 e. The lowest BCUT2D eigenvalue weighted by Gasteiger charge is -2.37. The van der Waals surface area contributed by atoms with Crippen molar-refractivity contribution >= 4 is 5.97 Å². The molecule has 17 heavy (non-hydrogen) atoms. The van der Waals surface area contributed by atoms with Crippen molar-refractivity contribution in [1.29, 1.82) is 0 Å². The number of aromatic amines is 1. The Bertz CT molecular complexity index is 437. The molecule has 2 N–H and O–H groups in total. The Labute approximate surface area is 99.2 Å². The first kappa shape index (κ1) is 10.6. The number of ether oxygens (including phenoxy) is 1. The van der Waals surface area contributed by atoms with Crippen LogP contribution in [0.2, 0.25) is 0 Å². The van der Waals surface area contributed by atoms with E-state index in [1.807, 2.05) is 0 Å². The summed E-state index contributed by atoms with van der Waals surface area (Å²) in [5.74, 6) is -0.00699. The molecule has 2 saturated carbocycles. The summed E-state index contributed by atoms with van der Waals surface area (Å²) in [6.45, 7) is 0.567. The minimum absolute atomic E-state index is 0.111. The number of carboxylic acids is 1. The summed E-state index contributed by atoms with van der Waals surface area (Å²) in [5.41, 5.74) is 0.768. The van der Waals surface area contributed by atoms with Crippen LogP contribution in [-0.4, -0.2) is 27.9 Å². The van der Waals surface area contributed by atoms with E-state index >= 15 is 0 Å². The molecule has 1 aromatic heterocycles. The molecular formula is C12H16N2O3. The highest BCUT2D eigenvalue weighted by Gasteiger charge is 2.54. The van der Waals surface area contributed by atoms with Gasteiger partial charge in [0.1, 0.15) is 5.56 Å². The highest BCUT2D eigenvalue weighted by molar-refractivity contribution is 5.89. The Hall–Kier alpha value is -1.52. The number of aromatic nitrogens is 2. The van der Waals surface area contributed by atoms with Crippen molar-refractivity contribution < 1.29 is 14.6 Å². The van der Waals surface area contributed by atoms with Gasteiger partial charge in [0.05, 0.1) is 6.61 Å². The lowest BCUT2D eigenvalue weighted by Crippen LogP contribution is -2.29. The summed E-state index contributed by atoms with van der Waals surface area (Å²) in [6.07, 6.45) is 7.80. The molecule has 92 valence electrons. The summed E-state index contributed by atoms with van der Waals surface area (Å²) < 4.78 is 5.44. The van der Waals surface area contributed by atoms with E-state index in [0.717, 1.165) is 12.3 Å². The Morgan fingerprint density at radius 1 is 1.59 bits per heavy atom. The van der Waals surface area contributed by atoms with E-state index in [1.165, 1.54) is 31.9 Å². The second kappa shape index (κ2) is 3.75. The van der Waals surface area contributed by atoms with E-state index in [4.69, 9.17) is 9.84 Å². The molecule has 1 unspecified atom stereocenters. The van der Waals surface area contributed by atoms with Gasteiger partial charge in [-0.1, -0.05) is 0 Å². The van der Waals surface area contributed by atoms with Crippen LogP contribution in [0.3, 0.4) is 0 Å². The molecule has 1 spiro atoms. The van der Waals surface area contributed by atoms with Gasteiger partial charge in [0.2, 0.25) is 5.88 Å². The van der Waals surface area contributed by atoms with Crippen LogP contribution in [0.5, 0.6) is 5.88 Å². The van der Waals surface area contributed by atoms with Gasteiger partial charge in [-0.3, -0.25) is 5.10 Å². The monoisotopic (exact) mass is 236 g/mol. The second-order valence-corrected chi connectivity index (χ2v) is 5.14. The molecule has 0 radical (unpaired) electrons. The molecule has 2 aliphatic carbocycles. The first-order valence-electron chi connectivity index (χ1n) is 6.11. The van der Waals surface area contributed by atoms with Crippen LogP contribution in [0, 0.1) is 11.3 Å². The SMILES string of the molecule is O=C(O)c1c[nH]nc1OCCC1CCC12CC2. The fraction of sp³-hybridized carbons (Fsp3) is 0.667. The third-order valence-corrected chi connectivity index (χ3v) is 4.29. The van der Waals surface area contributed by atoms with Crippen LogP contribution in [0.1, 0.15) is 42.5 Å². The largest absolute Gasteiger partial charge is 0.477 e. The zero-order chi connectivity index (χ0) is 11.9. The lowest BCUT2D eigenvalue weighted by atomic mass is 9.69. The van der Waals surface area contributed by atoms with Gasteiger partial charge in [-0.2, -0.15) is 0 Å². The van der Waals surface area contributed by atoms with Gasteiger partial charge in [0.15, 0.2) is 0 Å². The Morgan fingerprint density at radius 3 is 3.00 bits per heavy atom. The van der Waals surface area contributed by atoms with Gasteiger partial charge in [-0.15, -0.1) is 5.10 Å². The van der Waals surface area contributed by atoms with Gasteiger partial charge >= 0.3 is 5.97 Å². The summed E-state index contributed by atoms with van der Waals surface area (Å²) >= 11 is 0. The van der Waals surface area contributed by atoms with Gasteiger partial charge in [-0.05, 0) is 43.4 Å². The van der Waals surface area contributed by atoms with Crippen molar-refractivity contribution in [2.45, 2.75) is 32.1 Å². The highest BCUT2D eigenvalue weighted by Crippen LogP contribution is 2.65. The van der Waals surface area contributed by atoms with Gasteiger partial charge in [0.25, 0.3) is 0 Å². The van der Waals surface area contributed by atoms with Crippen molar-refractivity contribution in [1.82, 2.24) is 10.2 Å². The zero-order valence-corrected chi connectivity index (χ0v) is 9.61. The number of carboxylic acid groups (broad SMARTS) is 1. The average Bonchev–Trinajstić information content (AvgIpc) is 2.99. The maximum atomic E-state index is 10.8. The van der Waals surface area contributed by atoms with E-state index in [2.05, 4.69) is 10.2 Å². The van der Waals surface area contributed by atoms with Crippen LogP contribution < -0.4 is 4.74 Å². The number of aromatic carboxylic acids is 1. The molecule has 1 heterocycles. The molecule has 0 amide bonds. The first-order valence-corrected chi connectivity index (χ1v) is 6.11. The second-order valence-electron chi connectivity index (χ2n) is 5.14. The molecule has 5 heteroatoms. The number of nitrogens with one attached hydrogen (secondary N) is 1. The first-order chi connectivity index (χ1) is 8.21. The molecule has 0 saturated heterocycles. The molecule has 0 aromatic carbocycles. The fourth-order valence-corrected chi connectivity index (χ4v) is 2.86. The number of hydrogen-bond acceptors (Lipinski definition) is 3. The smallest absolute Gasteiger partial charge is 0.342 e. The molecule has 5 nitrogen and oxygen atoms in total. The average molecular weight is 236 g/mol. The molecular weight excluding hydrogens is 220 g/mol. The van der Waals surface area contributed by atoms with Crippen molar-refractivity contribution in [3.8, 4) is 5.88 Å². The summed E-state index contributed by atoms with van der Waals surface area (Å²) in [4.78, 5) is 10.8. The van der Waals surface area contributed by atoms with E-state index in [9.17, 15) is 4.79 Å². The minimum atomic E-state index is -1.00. The van der Waals surface area contributed by atoms with Crippen LogP contribution >= 0.6 is 0 Å². The number of rotatable bonds is 5. The lowest BCUT2D eigenvalue weighted by molar-refractivity contribution is 0.0689. The van der Waals surface area contributed by atoms with E-state index < -0.39 is 5.97 Å². The van der Waals surface area contributed by atoms with Crippen molar-refractivity contribution in [3.63, 3.8) is 0 Å². The third kappa shape index (κ3) is 1.79. The van der Waals surface area contributed by atoms with E-state index in [1.54, 1.807) is 0 Å². The molecule has 1 atom stereocenters. The maximum absolute atomic E-state index is 10.8. The molecule has 3 rings (SSSR count). The van der Waals surface area contributed by atoms with Gasteiger partial charge < -0.3 is 9.84 Å². The predicted molar refractivity (Wildman–Crippen MR) is 60.1 cm³/mol. The van der Waals surface area contributed by atoms with Crippen molar-refractivity contribution in [3.05, 3.63) is 11.8 Å². The molecule has 2 aliphatic rings. The summed E-state index contributed by atoms with van der Waals surface area (Å²) in [6, 6.07) is 0. The Morgan fingerprint density at radius 2 is 2.41 bits per heavy atom. The van der Waals surface area contributed by atoms with Gasteiger partial charge in [-0.25, -0.2) is 4.79 Å². The molecule has 0 bridgehead atoms. The quantitative estimate of drug-likeness (QED) is 0.820. The summed E-state index contributed by atoms with van der Waals surface area (Å²) in [5, 5.41) is 15.2. The van der Waals surface area contributed by atoms with Crippen LogP contribution in [-0.2, 0) is 0 Å². The normalized spacial score (nSPS) is 24.4. The highest BCUT2D eigenvalue weighted by atomic mass is 16.5. The number of nitrogens with zero attached hydrogens (tertiary/aromatic N) is 1. The van der Waals surface area contributed by atoms with Crippen molar-refractivity contribution in [2.24, 2.45) is 11.3 Å².